The minimum atomic E-state index is -0.258. The van der Waals surface area contributed by atoms with Gasteiger partial charge in [-0.1, -0.05) is 121 Å². The number of fused-ring (bicyclic) bond motifs is 3. The predicted molar refractivity (Wildman–Crippen MR) is 213 cm³/mol. The number of hydrogen-bond donors (Lipinski definition) is 1. The quantitative estimate of drug-likeness (QED) is 0.190. The Morgan fingerprint density at radius 3 is 1.78 bits per heavy atom. The van der Waals surface area contributed by atoms with Gasteiger partial charge in [-0.25, -0.2) is 9.98 Å². The van der Waals surface area contributed by atoms with Crippen molar-refractivity contribution in [3.05, 3.63) is 198 Å². The molecule has 244 valence electrons. The number of rotatable bonds is 6. The van der Waals surface area contributed by atoms with Crippen molar-refractivity contribution in [3.63, 3.8) is 0 Å². The lowest BCUT2D eigenvalue weighted by molar-refractivity contribution is 0.674. The van der Waals surface area contributed by atoms with Gasteiger partial charge < -0.3 is 9.88 Å². The van der Waals surface area contributed by atoms with Crippen molar-refractivity contribution in [1.29, 1.82) is 0 Å². The van der Waals surface area contributed by atoms with Crippen molar-refractivity contribution in [1.82, 2.24) is 9.88 Å². The van der Waals surface area contributed by atoms with E-state index in [9.17, 15) is 0 Å². The standard InChI is InChI=1S/C47H36N4/c1-31-14-12-13-21-39(31)40-28-35(23-22-32(40)2)36-24-26-43-41(29-36)42-30-37(25-27-44(42)51(43)38-19-10-5-11-20-38)47-49-45(33-15-6-3-7-16-33)48-46(50-47)34-17-8-4-9-18-34/h3-30,45H,1-2H3,(H,48,49,50). The van der Waals surface area contributed by atoms with E-state index < -0.39 is 0 Å². The number of nitrogens with zero attached hydrogens (tertiary/aromatic N) is 3. The second kappa shape index (κ2) is 12.7. The lowest BCUT2D eigenvalue weighted by Gasteiger charge is -2.23. The molecule has 0 aliphatic carbocycles. The minimum absolute atomic E-state index is 0.258. The molecule has 1 aliphatic heterocycles. The van der Waals surface area contributed by atoms with Gasteiger partial charge in [0.25, 0.3) is 0 Å². The molecule has 1 aliphatic rings. The van der Waals surface area contributed by atoms with E-state index in [1.54, 1.807) is 0 Å². The first kappa shape index (κ1) is 30.5. The van der Waals surface area contributed by atoms with Crippen molar-refractivity contribution in [2.24, 2.45) is 9.98 Å². The summed E-state index contributed by atoms with van der Waals surface area (Å²) in [6, 6.07) is 60.3. The van der Waals surface area contributed by atoms with E-state index in [0.29, 0.717) is 0 Å². The van der Waals surface area contributed by atoms with Crippen LogP contribution in [-0.2, 0) is 0 Å². The predicted octanol–water partition coefficient (Wildman–Crippen LogP) is 11.2. The van der Waals surface area contributed by atoms with Crippen LogP contribution in [0.25, 0.3) is 49.7 Å². The fraction of sp³-hybridized carbons (Fsp3) is 0.0638. The highest BCUT2D eigenvalue weighted by Crippen LogP contribution is 2.37. The number of para-hydroxylation sites is 1. The van der Waals surface area contributed by atoms with Gasteiger partial charge in [0.2, 0.25) is 0 Å². The van der Waals surface area contributed by atoms with Gasteiger partial charge in [0, 0.05) is 27.6 Å². The van der Waals surface area contributed by atoms with Gasteiger partial charge in [0.1, 0.15) is 12.0 Å². The topological polar surface area (TPSA) is 41.7 Å². The van der Waals surface area contributed by atoms with E-state index in [-0.39, 0.29) is 6.17 Å². The van der Waals surface area contributed by atoms with Gasteiger partial charge in [0.15, 0.2) is 5.84 Å². The van der Waals surface area contributed by atoms with Crippen molar-refractivity contribution < 1.29 is 0 Å². The summed E-state index contributed by atoms with van der Waals surface area (Å²) in [5, 5.41) is 6.03. The molecule has 2 heterocycles. The Kier molecular flexibility index (Phi) is 7.63. The van der Waals surface area contributed by atoms with Crippen LogP contribution in [0.1, 0.15) is 34.0 Å². The molecule has 0 saturated carbocycles. The molecule has 1 unspecified atom stereocenters. The largest absolute Gasteiger partial charge is 0.344 e. The van der Waals surface area contributed by atoms with E-state index >= 15 is 0 Å². The summed E-state index contributed by atoms with van der Waals surface area (Å²) >= 11 is 0. The minimum Gasteiger partial charge on any atom is -0.344 e. The fourth-order valence-corrected chi connectivity index (χ4v) is 7.29. The molecule has 0 bridgehead atoms. The third kappa shape index (κ3) is 5.61. The molecule has 1 aromatic heterocycles. The van der Waals surface area contributed by atoms with Crippen LogP contribution in [0.2, 0.25) is 0 Å². The molecule has 1 atom stereocenters. The first-order valence-electron chi connectivity index (χ1n) is 17.5. The molecule has 9 rings (SSSR count). The molecule has 4 nitrogen and oxygen atoms in total. The second-order valence-corrected chi connectivity index (χ2v) is 13.2. The average Bonchev–Trinajstić information content (AvgIpc) is 3.52. The van der Waals surface area contributed by atoms with Crippen LogP contribution >= 0.6 is 0 Å². The highest BCUT2D eigenvalue weighted by Gasteiger charge is 2.22. The molecule has 8 aromatic rings. The first-order chi connectivity index (χ1) is 25.1. The SMILES string of the molecule is Cc1ccccc1-c1cc(-c2ccc3c(c2)c2cc(C4=NC(c5ccccc5)=NC(c5ccccc5)N4)ccc2n3-c2ccccc2)ccc1C. The maximum Gasteiger partial charge on any atom is 0.159 e. The van der Waals surface area contributed by atoms with Crippen LogP contribution in [0.4, 0.5) is 0 Å². The third-order valence-electron chi connectivity index (χ3n) is 9.95. The Hall–Kier alpha value is -6.52. The zero-order chi connectivity index (χ0) is 34.3. The maximum atomic E-state index is 5.12. The number of hydrogen-bond acceptors (Lipinski definition) is 3. The number of aryl methyl sites for hydroxylation is 2. The number of benzene rings is 7. The lowest BCUT2D eigenvalue weighted by Crippen LogP contribution is -2.33. The molecule has 0 amide bonds. The summed E-state index contributed by atoms with van der Waals surface area (Å²) in [5.41, 5.74) is 14.0. The number of aromatic nitrogens is 1. The fourth-order valence-electron chi connectivity index (χ4n) is 7.29. The normalized spacial score (nSPS) is 14.3. The Balaban J connectivity index is 1.22. The highest BCUT2D eigenvalue weighted by molar-refractivity contribution is 6.16. The van der Waals surface area contributed by atoms with Gasteiger partial charge in [-0.3, -0.25) is 0 Å². The van der Waals surface area contributed by atoms with Crippen molar-refractivity contribution >= 4 is 33.5 Å². The van der Waals surface area contributed by atoms with Crippen molar-refractivity contribution in [2.45, 2.75) is 20.0 Å². The van der Waals surface area contributed by atoms with E-state index in [2.05, 4.69) is 169 Å². The molecular weight excluding hydrogens is 621 g/mol. The molecule has 0 saturated heterocycles. The molecule has 0 fully saturated rings. The van der Waals surface area contributed by atoms with Gasteiger partial charge in [0.05, 0.1) is 11.0 Å². The third-order valence-corrected chi connectivity index (χ3v) is 9.95. The summed E-state index contributed by atoms with van der Waals surface area (Å²) < 4.78 is 2.37. The molecular formula is C47H36N4. The molecule has 0 spiro atoms. The van der Waals surface area contributed by atoms with Gasteiger partial charge in [-0.2, -0.15) is 0 Å². The van der Waals surface area contributed by atoms with Crippen LogP contribution in [0.15, 0.2) is 180 Å². The smallest absolute Gasteiger partial charge is 0.159 e. The van der Waals surface area contributed by atoms with Crippen LogP contribution < -0.4 is 5.32 Å². The van der Waals surface area contributed by atoms with E-state index in [1.165, 1.54) is 44.2 Å². The van der Waals surface area contributed by atoms with Crippen LogP contribution in [0.3, 0.4) is 0 Å². The van der Waals surface area contributed by atoms with E-state index in [0.717, 1.165) is 45.1 Å². The van der Waals surface area contributed by atoms with Crippen LogP contribution in [0, 0.1) is 13.8 Å². The lowest BCUT2D eigenvalue weighted by atomic mass is 9.92. The second-order valence-electron chi connectivity index (χ2n) is 13.2. The summed E-state index contributed by atoms with van der Waals surface area (Å²) in [6.07, 6.45) is -0.258. The Bertz CT molecular complexity index is 2620. The Labute approximate surface area is 298 Å². The van der Waals surface area contributed by atoms with Gasteiger partial charge in [-0.05, 0) is 101 Å². The average molecular weight is 657 g/mol. The van der Waals surface area contributed by atoms with Gasteiger partial charge >= 0.3 is 0 Å². The number of amidine groups is 2. The summed E-state index contributed by atoms with van der Waals surface area (Å²) in [6.45, 7) is 4.38. The number of nitrogens with one attached hydrogen (secondary N) is 1. The summed E-state index contributed by atoms with van der Waals surface area (Å²) in [5.74, 6) is 1.52. The maximum absolute atomic E-state index is 5.12. The summed E-state index contributed by atoms with van der Waals surface area (Å²) in [4.78, 5) is 10.2. The van der Waals surface area contributed by atoms with Crippen molar-refractivity contribution in [3.8, 4) is 27.9 Å². The Morgan fingerprint density at radius 2 is 1.06 bits per heavy atom. The zero-order valence-corrected chi connectivity index (χ0v) is 28.6. The molecule has 4 heteroatoms. The molecule has 7 aromatic carbocycles. The highest BCUT2D eigenvalue weighted by atomic mass is 15.2. The monoisotopic (exact) mass is 656 g/mol. The molecule has 51 heavy (non-hydrogen) atoms. The Morgan fingerprint density at radius 1 is 0.490 bits per heavy atom. The van der Waals surface area contributed by atoms with E-state index in [4.69, 9.17) is 9.98 Å². The van der Waals surface area contributed by atoms with Crippen LogP contribution in [0.5, 0.6) is 0 Å². The molecule has 0 radical (unpaired) electrons. The first-order valence-corrected chi connectivity index (χ1v) is 17.5. The van der Waals surface area contributed by atoms with E-state index in [1.807, 2.05) is 24.3 Å². The van der Waals surface area contributed by atoms with Gasteiger partial charge in [-0.15, -0.1) is 0 Å². The van der Waals surface area contributed by atoms with Crippen LogP contribution in [-0.4, -0.2) is 16.2 Å². The zero-order valence-electron chi connectivity index (χ0n) is 28.6. The van der Waals surface area contributed by atoms with Crippen molar-refractivity contribution in [2.75, 3.05) is 0 Å². The summed E-state index contributed by atoms with van der Waals surface area (Å²) in [7, 11) is 0. The number of aliphatic imine (C=N–C) groups is 2. The molecule has 1 N–H and O–H groups in total.